The van der Waals surface area contributed by atoms with E-state index in [4.69, 9.17) is 9.47 Å². The Bertz CT molecular complexity index is 644. The normalized spacial score (nSPS) is 10.2. The van der Waals surface area contributed by atoms with E-state index in [2.05, 4.69) is 10.3 Å². The Morgan fingerprint density at radius 2 is 1.88 bits per heavy atom. The van der Waals surface area contributed by atoms with Gasteiger partial charge in [0, 0.05) is 12.6 Å². The molecule has 1 aromatic heterocycles. The summed E-state index contributed by atoms with van der Waals surface area (Å²) in [5.74, 6) is 1.47. The van der Waals surface area contributed by atoms with Crippen LogP contribution in [0, 0.1) is 0 Å². The van der Waals surface area contributed by atoms with E-state index in [1.54, 1.807) is 6.20 Å². The van der Waals surface area contributed by atoms with Crippen LogP contribution in [0.25, 0.3) is 0 Å². The van der Waals surface area contributed by atoms with Crippen LogP contribution in [0.5, 0.6) is 11.5 Å². The van der Waals surface area contributed by atoms with Crippen molar-refractivity contribution in [3.8, 4) is 11.5 Å². The number of nitrogens with zero attached hydrogens (tertiary/aromatic N) is 1. The van der Waals surface area contributed by atoms with Crippen LogP contribution in [0.2, 0.25) is 0 Å². The predicted molar refractivity (Wildman–Crippen MR) is 93.2 cm³/mol. The Balaban J connectivity index is 1.86. The third-order valence-corrected chi connectivity index (χ3v) is 3.44. The topological polar surface area (TPSA) is 60.5 Å². The molecule has 1 aromatic carbocycles. The summed E-state index contributed by atoms with van der Waals surface area (Å²) in [6.07, 6.45) is 2.80. The number of pyridine rings is 1. The van der Waals surface area contributed by atoms with Crippen LogP contribution in [-0.2, 0) is 17.8 Å². The molecular weight excluding hydrogens is 304 g/mol. The van der Waals surface area contributed by atoms with E-state index in [0.29, 0.717) is 32.6 Å². The zero-order valence-corrected chi connectivity index (χ0v) is 14.2. The molecule has 0 aliphatic heterocycles. The van der Waals surface area contributed by atoms with Gasteiger partial charge in [-0.25, -0.2) is 0 Å². The quantitative estimate of drug-likeness (QED) is 0.768. The summed E-state index contributed by atoms with van der Waals surface area (Å²) in [6, 6.07) is 11.5. The van der Waals surface area contributed by atoms with Crippen LogP contribution in [0.3, 0.4) is 0 Å². The Morgan fingerprint density at radius 3 is 2.58 bits per heavy atom. The van der Waals surface area contributed by atoms with Gasteiger partial charge in [0.15, 0.2) is 11.5 Å². The molecule has 0 saturated heterocycles. The Kier molecular flexibility index (Phi) is 7.08. The van der Waals surface area contributed by atoms with Crippen molar-refractivity contribution in [2.75, 3.05) is 13.2 Å². The number of amides is 1. The first-order valence-corrected chi connectivity index (χ1v) is 8.28. The summed E-state index contributed by atoms with van der Waals surface area (Å²) in [4.78, 5) is 16.2. The fraction of sp³-hybridized carbons (Fsp3) is 0.368. The number of aryl methyl sites for hydroxylation is 1. The Hall–Kier alpha value is -2.56. The standard InChI is InChI=1S/C19H24N2O3/c1-3-23-17-10-8-15(13-18(17)24-4-2)9-11-19(22)21-14-16-7-5-6-12-20-16/h5-8,10,12-13H,3-4,9,11,14H2,1-2H3,(H,21,22). The Morgan fingerprint density at radius 1 is 1.08 bits per heavy atom. The molecule has 1 N–H and O–H groups in total. The van der Waals surface area contributed by atoms with Gasteiger partial charge >= 0.3 is 0 Å². The van der Waals surface area contributed by atoms with Crippen molar-refractivity contribution in [3.05, 3.63) is 53.9 Å². The fourth-order valence-corrected chi connectivity index (χ4v) is 2.29. The minimum atomic E-state index is 0.00694. The van der Waals surface area contributed by atoms with Gasteiger partial charge in [-0.3, -0.25) is 9.78 Å². The lowest BCUT2D eigenvalue weighted by molar-refractivity contribution is -0.121. The van der Waals surface area contributed by atoms with E-state index in [-0.39, 0.29) is 5.91 Å². The summed E-state index contributed by atoms with van der Waals surface area (Å²) >= 11 is 0. The maximum atomic E-state index is 12.0. The molecule has 128 valence electrons. The highest BCUT2D eigenvalue weighted by Crippen LogP contribution is 2.28. The molecule has 1 heterocycles. The molecule has 5 nitrogen and oxygen atoms in total. The van der Waals surface area contributed by atoms with Crippen molar-refractivity contribution >= 4 is 5.91 Å². The molecule has 1 amide bonds. The second kappa shape index (κ2) is 9.55. The lowest BCUT2D eigenvalue weighted by Gasteiger charge is -2.12. The number of hydrogen-bond acceptors (Lipinski definition) is 4. The lowest BCUT2D eigenvalue weighted by atomic mass is 10.1. The predicted octanol–water partition coefficient (Wildman–Crippen LogP) is 3.13. The van der Waals surface area contributed by atoms with E-state index in [1.165, 1.54) is 0 Å². The molecule has 0 fully saturated rings. The highest BCUT2D eigenvalue weighted by molar-refractivity contribution is 5.76. The number of nitrogens with one attached hydrogen (secondary N) is 1. The average molecular weight is 328 g/mol. The molecular formula is C19H24N2O3. The van der Waals surface area contributed by atoms with E-state index >= 15 is 0 Å². The van der Waals surface area contributed by atoms with E-state index in [1.807, 2.05) is 50.2 Å². The molecule has 2 rings (SSSR count). The fourth-order valence-electron chi connectivity index (χ4n) is 2.29. The molecule has 0 bridgehead atoms. The highest BCUT2D eigenvalue weighted by Gasteiger charge is 2.08. The van der Waals surface area contributed by atoms with Gasteiger partial charge in [0.1, 0.15) is 0 Å². The van der Waals surface area contributed by atoms with Crippen LogP contribution in [-0.4, -0.2) is 24.1 Å². The molecule has 2 aromatic rings. The molecule has 0 aliphatic rings. The molecule has 0 spiro atoms. The third-order valence-electron chi connectivity index (χ3n) is 3.44. The van der Waals surface area contributed by atoms with E-state index < -0.39 is 0 Å². The average Bonchev–Trinajstić information content (AvgIpc) is 2.61. The summed E-state index contributed by atoms with van der Waals surface area (Å²) in [6.45, 7) is 5.50. The maximum absolute atomic E-state index is 12.0. The van der Waals surface area contributed by atoms with Gasteiger partial charge in [0.2, 0.25) is 5.91 Å². The van der Waals surface area contributed by atoms with Crippen molar-refractivity contribution in [1.82, 2.24) is 10.3 Å². The van der Waals surface area contributed by atoms with Gasteiger partial charge in [0.05, 0.1) is 25.5 Å². The second-order valence-electron chi connectivity index (χ2n) is 5.24. The van der Waals surface area contributed by atoms with Gasteiger partial charge < -0.3 is 14.8 Å². The van der Waals surface area contributed by atoms with Crippen LogP contribution < -0.4 is 14.8 Å². The number of benzene rings is 1. The number of carbonyl (C=O) groups is 1. The minimum absolute atomic E-state index is 0.00694. The van der Waals surface area contributed by atoms with Crippen molar-refractivity contribution in [2.24, 2.45) is 0 Å². The first kappa shape index (κ1) is 17.8. The smallest absolute Gasteiger partial charge is 0.220 e. The van der Waals surface area contributed by atoms with Crippen LogP contribution in [0.4, 0.5) is 0 Å². The summed E-state index contributed by atoms with van der Waals surface area (Å²) in [5.41, 5.74) is 1.90. The zero-order chi connectivity index (χ0) is 17.2. The summed E-state index contributed by atoms with van der Waals surface area (Å²) < 4.78 is 11.2. The SMILES string of the molecule is CCOc1ccc(CCC(=O)NCc2ccccn2)cc1OCC. The van der Waals surface area contributed by atoms with Gasteiger partial charge in [-0.2, -0.15) is 0 Å². The van der Waals surface area contributed by atoms with E-state index in [9.17, 15) is 4.79 Å². The van der Waals surface area contributed by atoms with Crippen LogP contribution in [0.15, 0.2) is 42.6 Å². The lowest BCUT2D eigenvalue weighted by Crippen LogP contribution is -2.23. The van der Waals surface area contributed by atoms with E-state index in [0.717, 1.165) is 22.8 Å². The first-order valence-electron chi connectivity index (χ1n) is 8.28. The van der Waals surface area contributed by atoms with Crippen molar-refractivity contribution in [2.45, 2.75) is 33.2 Å². The number of hydrogen-bond donors (Lipinski definition) is 1. The van der Waals surface area contributed by atoms with Crippen molar-refractivity contribution in [1.29, 1.82) is 0 Å². The van der Waals surface area contributed by atoms with Crippen molar-refractivity contribution < 1.29 is 14.3 Å². The van der Waals surface area contributed by atoms with Gasteiger partial charge in [0.25, 0.3) is 0 Å². The highest BCUT2D eigenvalue weighted by atomic mass is 16.5. The number of rotatable bonds is 9. The molecule has 0 unspecified atom stereocenters. The minimum Gasteiger partial charge on any atom is -0.490 e. The largest absolute Gasteiger partial charge is 0.490 e. The maximum Gasteiger partial charge on any atom is 0.220 e. The molecule has 0 radical (unpaired) electrons. The Labute approximate surface area is 143 Å². The second-order valence-corrected chi connectivity index (χ2v) is 5.24. The zero-order valence-electron chi connectivity index (χ0n) is 14.2. The van der Waals surface area contributed by atoms with Crippen molar-refractivity contribution in [3.63, 3.8) is 0 Å². The van der Waals surface area contributed by atoms with Gasteiger partial charge in [-0.1, -0.05) is 12.1 Å². The molecule has 5 heteroatoms. The number of carbonyl (C=O) groups excluding carboxylic acids is 1. The third kappa shape index (κ3) is 5.57. The monoisotopic (exact) mass is 328 g/mol. The van der Waals surface area contributed by atoms with Gasteiger partial charge in [-0.15, -0.1) is 0 Å². The summed E-state index contributed by atoms with van der Waals surface area (Å²) in [5, 5.41) is 2.88. The first-order chi connectivity index (χ1) is 11.7. The number of ether oxygens (including phenoxy) is 2. The van der Waals surface area contributed by atoms with Crippen LogP contribution in [0.1, 0.15) is 31.5 Å². The molecule has 24 heavy (non-hydrogen) atoms. The molecule has 0 aliphatic carbocycles. The number of aromatic nitrogens is 1. The molecule has 0 saturated carbocycles. The summed E-state index contributed by atoms with van der Waals surface area (Å²) in [7, 11) is 0. The van der Waals surface area contributed by atoms with Crippen LogP contribution >= 0.6 is 0 Å². The van der Waals surface area contributed by atoms with Gasteiger partial charge in [-0.05, 0) is 50.1 Å². The molecule has 0 atom stereocenters.